The number of pyridine rings is 1. The summed E-state index contributed by atoms with van der Waals surface area (Å²) in [5.74, 6) is 6.13. The van der Waals surface area contributed by atoms with Gasteiger partial charge in [0.05, 0.1) is 11.3 Å². The van der Waals surface area contributed by atoms with Crippen LogP contribution in [0.25, 0.3) is 0 Å². The van der Waals surface area contributed by atoms with Crippen LogP contribution in [0.2, 0.25) is 0 Å². The van der Waals surface area contributed by atoms with Gasteiger partial charge in [-0.25, -0.2) is 14.3 Å². The van der Waals surface area contributed by atoms with E-state index < -0.39 is 21.1 Å². The molecule has 2 heterocycles. The minimum absolute atomic E-state index is 0.370. The zero-order valence-corrected chi connectivity index (χ0v) is 13.3. The number of thioether (sulfide) groups is 1. The van der Waals surface area contributed by atoms with Gasteiger partial charge in [-0.15, -0.1) is 0 Å². The molecule has 9 heteroatoms. The lowest BCUT2D eigenvalue weighted by molar-refractivity contribution is 0.0953. The van der Waals surface area contributed by atoms with E-state index in [1.165, 1.54) is 12.5 Å². The summed E-state index contributed by atoms with van der Waals surface area (Å²) in [5.41, 5.74) is 3.13. The van der Waals surface area contributed by atoms with Crippen LogP contribution < -0.4 is 11.3 Å². The second-order valence-corrected chi connectivity index (χ2v) is 8.19. The SMILES string of the molecule is CS(=O)(=O)C1CSCCN1Cc1ccc(C(=O)NN)cn1. The van der Waals surface area contributed by atoms with Crippen LogP contribution in [0.3, 0.4) is 0 Å². The van der Waals surface area contributed by atoms with Crippen LogP contribution in [-0.2, 0) is 16.4 Å². The fourth-order valence-corrected chi connectivity index (χ4v) is 5.08. The van der Waals surface area contributed by atoms with E-state index in [0.717, 1.165) is 11.4 Å². The van der Waals surface area contributed by atoms with Crippen LogP contribution in [0.5, 0.6) is 0 Å². The van der Waals surface area contributed by atoms with Crippen LogP contribution in [0.4, 0.5) is 0 Å². The van der Waals surface area contributed by atoms with E-state index in [1.807, 2.05) is 10.3 Å². The van der Waals surface area contributed by atoms with Gasteiger partial charge in [-0.3, -0.25) is 20.1 Å². The van der Waals surface area contributed by atoms with Crippen LogP contribution in [0.15, 0.2) is 18.3 Å². The molecule has 116 valence electrons. The maximum atomic E-state index is 11.8. The van der Waals surface area contributed by atoms with E-state index in [0.29, 0.717) is 24.4 Å². The number of rotatable bonds is 4. The summed E-state index contributed by atoms with van der Waals surface area (Å²) in [4.78, 5) is 17.4. The third-order valence-electron chi connectivity index (χ3n) is 3.27. The van der Waals surface area contributed by atoms with Gasteiger partial charge in [0.2, 0.25) is 0 Å². The number of sulfone groups is 1. The molecule has 1 saturated heterocycles. The number of amides is 1. The van der Waals surface area contributed by atoms with Gasteiger partial charge in [0, 0.05) is 37.0 Å². The first-order valence-corrected chi connectivity index (χ1v) is 9.49. The molecule has 0 aliphatic carbocycles. The average Bonchev–Trinajstić information content (AvgIpc) is 2.47. The van der Waals surface area contributed by atoms with E-state index in [4.69, 9.17) is 5.84 Å². The topological polar surface area (TPSA) is 105 Å². The monoisotopic (exact) mass is 330 g/mol. The van der Waals surface area contributed by atoms with Crippen molar-refractivity contribution in [3.8, 4) is 0 Å². The Morgan fingerprint density at radius 1 is 1.57 bits per heavy atom. The highest BCUT2D eigenvalue weighted by Crippen LogP contribution is 2.21. The van der Waals surface area contributed by atoms with Gasteiger partial charge in [0.25, 0.3) is 5.91 Å². The predicted molar refractivity (Wildman–Crippen MR) is 82.3 cm³/mol. The Morgan fingerprint density at radius 2 is 2.33 bits per heavy atom. The fourth-order valence-electron chi connectivity index (χ4n) is 2.13. The summed E-state index contributed by atoms with van der Waals surface area (Å²) in [6, 6.07) is 3.34. The van der Waals surface area contributed by atoms with Crippen molar-refractivity contribution in [1.29, 1.82) is 0 Å². The van der Waals surface area contributed by atoms with Gasteiger partial charge >= 0.3 is 0 Å². The third kappa shape index (κ3) is 4.16. The molecule has 0 saturated carbocycles. The highest BCUT2D eigenvalue weighted by Gasteiger charge is 2.31. The lowest BCUT2D eigenvalue weighted by Crippen LogP contribution is -2.46. The smallest absolute Gasteiger partial charge is 0.266 e. The molecule has 0 aromatic carbocycles. The summed E-state index contributed by atoms with van der Waals surface area (Å²) < 4.78 is 23.7. The third-order valence-corrected chi connectivity index (χ3v) is 5.95. The lowest BCUT2D eigenvalue weighted by atomic mass is 10.2. The fraction of sp³-hybridized carbons (Fsp3) is 0.500. The normalized spacial score (nSPS) is 20.2. The van der Waals surface area contributed by atoms with Crippen molar-refractivity contribution in [1.82, 2.24) is 15.3 Å². The van der Waals surface area contributed by atoms with Gasteiger partial charge < -0.3 is 0 Å². The van der Waals surface area contributed by atoms with E-state index in [-0.39, 0.29) is 0 Å². The Bertz CT molecular complexity index is 603. The molecular formula is C12H18N4O3S2. The molecule has 1 unspecified atom stereocenters. The first-order chi connectivity index (χ1) is 9.91. The number of nitrogen functional groups attached to an aromatic ring is 1. The van der Waals surface area contributed by atoms with Gasteiger partial charge in [-0.1, -0.05) is 0 Å². The number of nitrogens with zero attached hydrogens (tertiary/aromatic N) is 2. The second-order valence-electron chi connectivity index (χ2n) is 4.84. The second kappa shape index (κ2) is 6.73. The van der Waals surface area contributed by atoms with Crippen molar-refractivity contribution in [2.45, 2.75) is 11.9 Å². The Labute approximate surface area is 128 Å². The molecule has 2 rings (SSSR count). The number of nitrogens with two attached hydrogens (primary N) is 1. The Balaban J connectivity index is 2.11. The summed E-state index contributed by atoms with van der Waals surface area (Å²) >= 11 is 1.65. The molecule has 21 heavy (non-hydrogen) atoms. The van der Waals surface area contributed by atoms with Crippen molar-refractivity contribution >= 4 is 27.5 Å². The summed E-state index contributed by atoms with van der Waals surface area (Å²) in [7, 11) is -3.12. The quantitative estimate of drug-likeness (QED) is 0.440. The van der Waals surface area contributed by atoms with Crippen molar-refractivity contribution in [3.63, 3.8) is 0 Å². The van der Waals surface area contributed by atoms with Gasteiger partial charge in [-0.05, 0) is 12.1 Å². The molecule has 0 radical (unpaired) electrons. The highest BCUT2D eigenvalue weighted by atomic mass is 32.2. The number of hydrogen-bond donors (Lipinski definition) is 2. The molecular weight excluding hydrogens is 312 g/mol. The molecule has 0 bridgehead atoms. The maximum Gasteiger partial charge on any atom is 0.266 e. The predicted octanol–water partition coefficient (Wildman–Crippen LogP) is -0.395. The first kappa shape index (κ1) is 16.2. The standard InChI is InChI=1S/C12H18N4O3S2/c1-21(18,19)11-8-20-5-4-16(11)7-10-3-2-9(6-14-10)12(17)15-13/h2-3,6,11H,4-5,7-8,13H2,1H3,(H,15,17). The zero-order chi connectivity index (χ0) is 15.5. The van der Waals surface area contributed by atoms with E-state index in [1.54, 1.807) is 23.9 Å². The molecule has 3 N–H and O–H groups in total. The molecule has 7 nitrogen and oxygen atoms in total. The Morgan fingerprint density at radius 3 is 2.90 bits per heavy atom. The first-order valence-electron chi connectivity index (χ1n) is 6.38. The molecule has 1 aliphatic heterocycles. The van der Waals surface area contributed by atoms with E-state index >= 15 is 0 Å². The molecule has 1 aromatic rings. The van der Waals surface area contributed by atoms with Crippen molar-refractivity contribution in [2.24, 2.45) is 5.84 Å². The number of hydrazine groups is 1. The molecule has 1 aliphatic rings. The number of nitrogens with one attached hydrogen (secondary N) is 1. The van der Waals surface area contributed by atoms with Gasteiger partial charge in [0.15, 0.2) is 9.84 Å². The minimum Gasteiger partial charge on any atom is -0.290 e. The van der Waals surface area contributed by atoms with Gasteiger partial charge in [0.1, 0.15) is 5.37 Å². The Hall–Kier alpha value is -1.16. The Kier molecular flexibility index (Phi) is 5.20. The van der Waals surface area contributed by atoms with Crippen molar-refractivity contribution < 1.29 is 13.2 Å². The number of aromatic nitrogens is 1. The number of carbonyl (C=O) groups excluding carboxylic acids is 1. The van der Waals surface area contributed by atoms with E-state index in [2.05, 4.69) is 4.98 Å². The summed E-state index contributed by atoms with van der Waals surface area (Å²) in [5, 5.41) is -0.481. The largest absolute Gasteiger partial charge is 0.290 e. The van der Waals surface area contributed by atoms with Crippen LogP contribution >= 0.6 is 11.8 Å². The number of hydrogen-bond acceptors (Lipinski definition) is 7. The maximum absolute atomic E-state index is 11.8. The summed E-state index contributed by atoms with van der Waals surface area (Å²) in [6.45, 7) is 1.15. The molecule has 1 amide bonds. The van der Waals surface area contributed by atoms with Crippen LogP contribution in [0.1, 0.15) is 16.1 Å². The lowest BCUT2D eigenvalue weighted by Gasteiger charge is -2.33. The minimum atomic E-state index is -3.12. The zero-order valence-electron chi connectivity index (χ0n) is 11.7. The molecule has 0 spiro atoms. The van der Waals surface area contributed by atoms with Crippen molar-refractivity contribution in [3.05, 3.63) is 29.6 Å². The van der Waals surface area contributed by atoms with Crippen LogP contribution in [-0.4, -0.2) is 53.9 Å². The molecule has 1 fully saturated rings. The molecule has 1 atom stereocenters. The van der Waals surface area contributed by atoms with E-state index in [9.17, 15) is 13.2 Å². The highest BCUT2D eigenvalue weighted by molar-refractivity contribution is 8.00. The molecule has 1 aromatic heterocycles. The average molecular weight is 330 g/mol. The van der Waals surface area contributed by atoms with Crippen LogP contribution in [0, 0.1) is 0 Å². The number of carbonyl (C=O) groups is 1. The van der Waals surface area contributed by atoms with Gasteiger partial charge in [-0.2, -0.15) is 11.8 Å². The van der Waals surface area contributed by atoms with Crippen molar-refractivity contribution in [2.75, 3.05) is 24.3 Å². The summed E-state index contributed by atoms with van der Waals surface area (Å²) in [6.07, 6.45) is 2.70.